The Hall–Kier alpha value is -1.71. The van der Waals surface area contributed by atoms with Crippen LogP contribution in [0.3, 0.4) is 0 Å². The van der Waals surface area contributed by atoms with Crippen LogP contribution in [0.4, 0.5) is 5.13 Å². The van der Waals surface area contributed by atoms with E-state index in [1.54, 1.807) is 17.5 Å². The number of anilines is 1. The van der Waals surface area contributed by atoms with E-state index in [0.717, 1.165) is 26.2 Å². The maximum absolute atomic E-state index is 12.7. The molecule has 2 heterocycles. The lowest BCUT2D eigenvalue weighted by molar-refractivity contribution is 0.0624. The van der Waals surface area contributed by atoms with Gasteiger partial charge in [0, 0.05) is 50.2 Å². The minimum absolute atomic E-state index is 0.108. The van der Waals surface area contributed by atoms with Crippen molar-refractivity contribution in [3.8, 4) is 0 Å². The standard InChI is InChI=1S/C19H23Cl2N5O2S/c1-24(2)5-6-25-7-9-26(10-8-25)18(28)16-12-29-19(22-16)23-17(27)13-3-4-14(20)15(21)11-13/h3-4,11-12H,5-10H2,1-2H3,(H,22,23,27). The molecule has 1 aliphatic rings. The highest BCUT2D eigenvalue weighted by Crippen LogP contribution is 2.24. The molecule has 0 aliphatic carbocycles. The number of aromatic nitrogens is 1. The number of carbonyl (C=O) groups is 2. The largest absolute Gasteiger partial charge is 0.335 e. The molecular weight excluding hydrogens is 433 g/mol. The Kier molecular flexibility index (Phi) is 7.48. The lowest BCUT2D eigenvalue weighted by Crippen LogP contribution is -2.50. The average Bonchev–Trinajstić information content (AvgIpc) is 3.16. The molecule has 2 aromatic rings. The SMILES string of the molecule is CN(C)CCN1CCN(C(=O)c2csc(NC(=O)c3ccc(Cl)c(Cl)c3)n2)CC1. The Morgan fingerprint density at radius 2 is 1.90 bits per heavy atom. The van der Waals surface area contributed by atoms with Crippen LogP contribution in [-0.2, 0) is 0 Å². The molecule has 0 atom stereocenters. The van der Waals surface area contributed by atoms with Crippen molar-refractivity contribution in [2.24, 2.45) is 0 Å². The van der Waals surface area contributed by atoms with Crippen LogP contribution in [0.25, 0.3) is 0 Å². The van der Waals surface area contributed by atoms with Crippen molar-refractivity contribution in [1.29, 1.82) is 0 Å². The van der Waals surface area contributed by atoms with Crippen LogP contribution in [0.5, 0.6) is 0 Å². The molecule has 2 amide bonds. The number of carbonyl (C=O) groups excluding carboxylic acids is 2. The van der Waals surface area contributed by atoms with Crippen LogP contribution in [0.1, 0.15) is 20.8 Å². The van der Waals surface area contributed by atoms with E-state index < -0.39 is 0 Å². The summed E-state index contributed by atoms with van der Waals surface area (Å²) in [7, 11) is 4.11. The summed E-state index contributed by atoms with van der Waals surface area (Å²) in [6.07, 6.45) is 0. The molecule has 1 aromatic heterocycles. The first-order valence-corrected chi connectivity index (χ1v) is 10.9. The summed E-state index contributed by atoms with van der Waals surface area (Å²) in [5.41, 5.74) is 0.720. The van der Waals surface area contributed by atoms with E-state index >= 15 is 0 Å². The summed E-state index contributed by atoms with van der Waals surface area (Å²) in [5, 5.41) is 5.43. The number of likely N-dealkylation sites (N-methyl/N-ethyl adjacent to an activating group) is 1. The van der Waals surface area contributed by atoms with E-state index in [1.165, 1.54) is 17.4 Å². The fourth-order valence-electron chi connectivity index (χ4n) is 2.91. The average molecular weight is 456 g/mol. The fourth-order valence-corrected chi connectivity index (χ4v) is 3.89. The number of piperazine rings is 1. The number of amides is 2. The quantitative estimate of drug-likeness (QED) is 0.724. The molecule has 1 aromatic carbocycles. The second-order valence-corrected chi connectivity index (χ2v) is 8.73. The molecule has 0 radical (unpaired) electrons. The van der Waals surface area contributed by atoms with Gasteiger partial charge in [-0.05, 0) is 32.3 Å². The van der Waals surface area contributed by atoms with Gasteiger partial charge in [-0.1, -0.05) is 23.2 Å². The molecule has 29 heavy (non-hydrogen) atoms. The summed E-state index contributed by atoms with van der Waals surface area (Å²) in [6.45, 7) is 5.05. The first-order valence-electron chi connectivity index (χ1n) is 9.22. The fraction of sp³-hybridized carbons (Fsp3) is 0.421. The van der Waals surface area contributed by atoms with Crippen molar-refractivity contribution in [3.63, 3.8) is 0 Å². The zero-order chi connectivity index (χ0) is 21.0. The third kappa shape index (κ3) is 5.90. The van der Waals surface area contributed by atoms with Crippen molar-refractivity contribution in [3.05, 3.63) is 44.9 Å². The number of hydrogen-bond donors (Lipinski definition) is 1. The zero-order valence-corrected chi connectivity index (χ0v) is 18.6. The molecule has 1 aliphatic heterocycles. The lowest BCUT2D eigenvalue weighted by atomic mass is 10.2. The van der Waals surface area contributed by atoms with Crippen LogP contribution in [-0.4, -0.2) is 84.9 Å². The maximum Gasteiger partial charge on any atom is 0.273 e. The second kappa shape index (κ2) is 9.86. The van der Waals surface area contributed by atoms with Crippen LogP contribution in [0, 0.1) is 0 Å². The second-order valence-electron chi connectivity index (χ2n) is 7.06. The monoisotopic (exact) mass is 455 g/mol. The molecule has 0 unspecified atom stereocenters. The van der Waals surface area contributed by atoms with Gasteiger partial charge in [0.1, 0.15) is 5.69 Å². The van der Waals surface area contributed by atoms with Crippen LogP contribution < -0.4 is 5.32 Å². The lowest BCUT2D eigenvalue weighted by Gasteiger charge is -2.34. The molecule has 1 fully saturated rings. The van der Waals surface area contributed by atoms with Crippen LogP contribution >= 0.6 is 34.5 Å². The number of nitrogens with one attached hydrogen (secondary N) is 1. The third-order valence-electron chi connectivity index (χ3n) is 4.65. The molecule has 1 N–H and O–H groups in total. The minimum atomic E-state index is -0.355. The number of rotatable bonds is 6. The first-order chi connectivity index (χ1) is 13.8. The molecule has 10 heteroatoms. The number of nitrogens with zero attached hydrogens (tertiary/aromatic N) is 4. The summed E-state index contributed by atoms with van der Waals surface area (Å²) < 4.78 is 0. The molecule has 7 nitrogen and oxygen atoms in total. The molecule has 3 rings (SSSR count). The number of halogens is 2. The Morgan fingerprint density at radius 1 is 1.17 bits per heavy atom. The third-order valence-corrected chi connectivity index (χ3v) is 6.15. The van der Waals surface area contributed by atoms with Crippen LogP contribution in [0.2, 0.25) is 10.0 Å². The summed E-state index contributed by atoms with van der Waals surface area (Å²) >= 11 is 13.1. The molecule has 156 valence electrons. The van der Waals surface area contributed by atoms with Gasteiger partial charge in [0.2, 0.25) is 0 Å². The van der Waals surface area contributed by atoms with E-state index in [2.05, 4.69) is 34.2 Å². The van der Waals surface area contributed by atoms with Gasteiger partial charge in [-0.3, -0.25) is 19.8 Å². The van der Waals surface area contributed by atoms with E-state index in [0.29, 0.717) is 39.5 Å². The van der Waals surface area contributed by atoms with Crippen molar-refractivity contribution < 1.29 is 9.59 Å². The number of benzene rings is 1. The first kappa shape index (κ1) is 22.0. The molecule has 0 spiro atoms. The van der Waals surface area contributed by atoms with Gasteiger partial charge in [0.15, 0.2) is 5.13 Å². The summed E-state index contributed by atoms with van der Waals surface area (Å²) in [4.78, 5) is 35.7. The van der Waals surface area contributed by atoms with Crippen molar-refractivity contribution >= 4 is 51.5 Å². The summed E-state index contributed by atoms with van der Waals surface area (Å²) in [5.74, 6) is -0.463. The van der Waals surface area contributed by atoms with Gasteiger partial charge < -0.3 is 9.80 Å². The van der Waals surface area contributed by atoms with E-state index in [1.807, 2.05) is 4.90 Å². The minimum Gasteiger partial charge on any atom is -0.335 e. The maximum atomic E-state index is 12.7. The molecular formula is C19H23Cl2N5O2S. The highest BCUT2D eigenvalue weighted by Gasteiger charge is 2.24. The van der Waals surface area contributed by atoms with Gasteiger partial charge in [-0.2, -0.15) is 0 Å². The van der Waals surface area contributed by atoms with Crippen molar-refractivity contribution in [2.45, 2.75) is 0 Å². The van der Waals surface area contributed by atoms with Gasteiger partial charge in [-0.15, -0.1) is 11.3 Å². The van der Waals surface area contributed by atoms with E-state index in [9.17, 15) is 9.59 Å². The van der Waals surface area contributed by atoms with Crippen LogP contribution in [0.15, 0.2) is 23.6 Å². The van der Waals surface area contributed by atoms with Gasteiger partial charge in [0.05, 0.1) is 10.0 Å². The van der Waals surface area contributed by atoms with Crippen molar-refractivity contribution in [1.82, 2.24) is 19.7 Å². The van der Waals surface area contributed by atoms with Gasteiger partial charge in [0.25, 0.3) is 11.8 Å². The van der Waals surface area contributed by atoms with Gasteiger partial charge in [-0.25, -0.2) is 4.98 Å². The number of hydrogen-bond acceptors (Lipinski definition) is 6. The Labute approximate surface area is 184 Å². The Morgan fingerprint density at radius 3 is 2.55 bits per heavy atom. The zero-order valence-electron chi connectivity index (χ0n) is 16.3. The predicted molar refractivity (Wildman–Crippen MR) is 117 cm³/mol. The number of thiazole rings is 1. The molecule has 0 bridgehead atoms. The smallest absolute Gasteiger partial charge is 0.273 e. The molecule has 0 saturated carbocycles. The van der Waals surface area contributed by atoms with Gasteiger partial charge >= 0.3 is 0 Å². The van der Waals surface area contributed by atoms with Crippen molar-refractivity contribution in [2.75, 3.05) is 58.7 Å². The summed E-state index contributed by atoms with van der Waals surface area (Å²) in [6, 6.07) is 4.64. The highest BCUT2D eigenvalue weighted by atomic mass is 35.5. The van der Waals surface area contributed by atoms with E-state index in [-0.39, 0.29) is 11.8 Å². The normalized spacial score (nSPS) is 15.0. The highest BCUT2D eigenvalue weighted by molar-refractivity contribution is 7.14. The topological polar surface area (TPSA) is 68.8 Å². The van der Waals surface area contributed by atoms with E-state index in [4.69, 9.17) is 23.2 Å². The Bertz CT molecular complexity index is 881. The predicted octanol–water partition coefficient (Wildman–Crippen LogP) is 3.02. The molecule has 1 saturated heterocycles. The Balaban J connectivity index is 1.55.